The van der Waals surface area contributed by atoms with Gasteiger partial charge >= 0.3 is 0 Å². The van der Waals surface area contributed by atoms with E-state index in [1.807, 2.05) is 20.8 Å². The zero-order valence-corrected chi connectivity index (χ0v) is 10.7. The minimum Gasteiger partial charge on any atom is -0.674 e. The van der Waals surface area contributed by atoms with Gasteiger partial charge in [0.05, 0.1) is 0 Å². The van der Waals surface area contributed by atoms with Crippen LogP contribution in [0.5, 0.6) is 0 Å². The molecule has 1 N–H and O–H groups in total. The first kappa shape index (κ1) is 15.0. The number of carbonyl (C=O) groups excluding carboxylic acids is 1. The molecule has 0 spiro atoms. The van der Waals surface area contributed by atoms with E-state index < -0.39 is 12.0 Å². The average molecular weight is 246 g/mol. The minimum atomic E-state index is -1.13. The molecule has 0 aromatic heterocycles. The second kappa shape index (κ2) is 6.06. The van der Waals surface area contributed by atoms with E-state index in [9.17, 15) is 9.90 Å². The van der Waals surface area contributed by atoms with Crippen LogP contribution in [0.1, 0.15) is 33.6 Å². The van der Waals surface area contributed by atoms with E-state index in [1.165, 1.54) is 0 Å². The minimum absolute atomic E-state index is 0. The molecule has 3 nitrogen and oxygen atoms in total. The maximum Gasteiger partial charge on any atom is 0.0399 e. The fraction of sp³-hybridized carbons (Fsp3) is 0.875. The van der Waals surface area contributed by atoms with Crippen molar-refractivity contribution in [3.63, 3.8) is 0 Å². The molecule has 0 fully saturated rings. The van der Waals surface area contributed by atoms with Crippen molar-refractivity contribution >= 4 is 5.97 Å². The maximum absolute atomic E-state index is 10.1. The number of hydrogen-bond donors (Lipinski definition) is 0. The van der Waals surface area contributed by atoms with Crippen molar-refractivity contribution in [2.24, 2.45) is 5.41 Å². The van der Waals surface area contributed by atoms with E-state index in [4.69, 9.17) is 5.73 Å². The molecule has 0 amide bonds. The number of aliphatic carboxylic acids is 1. The van der Waals surface area contributed by atoms with Crippen LogP contribution < -0.4 is 5.11 Å². The van der Waals surface area contributed by atoms with Crippen molar-refractivity contribution < 1.29 is 42.6 Å². The van der Waals surface area contributed by atoms with Gasteiger partial charge in [0, 0.05) is 38.7 Å². The van der Waals surface area contributed by atoms with Gasteiger partial charge in [0.25, 0.3) is 0 Å². The molecule has 0 aliphatic heterocycles. The summed E-state index contributed by atoms with van der Waals surface area (Å²) in [6.07, 6.45) is 0.443. The molecule has 0 saturated heterocycles. The second-order valence-corrected chi connectivity index (χ2v) is 4.04. The largest absolute Gasteiger partial charge is 0.674 e. The first-order chi connectivity index (χ1) is 4.81. The zero-order chi connectivity index (χ0) is 9.07. The Morgan fingerprint density at radius 1 is 1.50 bits per heavy atom. The van der Waals surface area contributed by atoms with Crippen LogP contribution in [0.2, 0.25) is 0 Å². The molecular formula is C8H15NO2Y-2. The van der Waals surface area contributed by atoms with Gasteiger partial charge in [-0.1, -0.05) is 27.2 Å². The Labute approximate surface area is 99.0 Å². The van der Waals surface area contributed by atoms with Crippen molar-refractivity contribution in [2.75, 3.05) is 0 Å². The second-order valence-electron chi connectivity index (χ2n) is 4.04. The third kappa shape index (κ3) is 10.5. The summed E-state index contributed by atoms with van der Waals surface area (Å²) < 4.78 is 0. The first-order valence-electron chi connectivity index (χ1n) is 3.72. The van der Waals surface area contributed by atoms with Crippen molar-refractivity contribution in [3.05, 3.63) is 5.73 Å². The van der Waals surface area contributed by atoms with Crippen molar-refractivity contribution in [1.82, 2.24) is 0 Å². The normalized spacial score (nSPS) is 13.3. The molecule has 69 valence electrons. The van der Waals surface area contributed by atoms with Crippen LogP contribution in [0.25, 0.3) is 5.73 Å². The molecule has 0 aromatic rings. The Hall–Kier alpha value is 0.534. The predicted octanol–water partition coefficient (Wildman–Crippen LogP) is 0.981. The Morgan fingerprint density at radius 2 is 1.92 bits per heavy atom. The standard InChI is InChI=1S/C8H16NO2.Y/c1-8(2,3)5-6(9)4-7(10)11;/h6,9H,4-5H2,1-3H3,(H,10,11);/q-1;/p-1/t6-;/m1./s1. The summed E-state index contributed by atoms with van der Waals surface area (Å²) in [7, 11) is 0. The van der Waals surface area contributed by atoms with E-state index in [-0.39, 0.29) is 44.5 Å². The Kier molecular flexibility index (Phi) is 7.59. The summed E-state index contributed by atoms with van der Waals surface area (Å²) in [5.74, 6) is -1.13. The van der Waals surface area contributed by atoms with Crippen LogP contribution in [0.4, 0.5) is 0 Å². The third-order valence-corrected chi connectivity index (χ3v) is 1.27. The third-order valence-electron chi connectivity index (χ3n) is 1.27. The number of rotatable bonds is 3. The van der Waals surface area contributed by atoms with Crippen LogP contribution in [0.3, 0.4) is 0 Å². The molecule has 0 saturated carbocycles. The Bertz CT molecular complexity index is 142. The summed E-state index contributed by atoms with van der Waals surface area (Å²) in [5.41, 5.74) is 7.37. The van der Waals surface area contributed by atoms with Crippen molar-refractivity contribution in [3.8, 4) is 0 Å². The van der Waals surface area contributed by atoms with Crippen LogP contribution in [-0.4, -0.2) is 12.0 Å². The molecule has 0 unspecified atom stereocenters. The fourth-order valence-corrected chi connectivity index (χ4v) is 1.01. The van der Waals surface area contributed by atoms with E-state index in [0.717, 1.165) is 0 Å². The molecular weight excluding hydrogens is 231 g/mol. The molecule has 0 aliphatic carbocycles. The van der Waals surface area contributed by atoms with E-state index in [0.29, 0.717) is 6.42 Å². The van der Waals surface area contributed by atoms with Gasteiger partial charge in [0.2, 0.25) is 0 Å². The first-order valence-corrected chi connectivity index (χ1v) is 3.72. The van der Waals surface area contributed by atoms with E-state index in [1.54, 1.807) is 0 Å². The molecule has 0 aromatic carbocycles. The van der Waals surface area contributed by atoms with Gasteiger partial charge in [-0.25, -0.2) is 0 Å². The monoisotopic (exact) mass is 246 g/mol. The molecule has 0 aliphatic rings. The Balaban J connectivity index is 0. The number of carboxylic acid groups (broad SMARTS) is 1. The van der Waals surface area contributed by atoms with E-state index in [2.05, 4.69) is 0 Å². The average Bonchev–Trinajstić information content (AvgIpc) is 1.53. The molecule has 1 atom stereocenters. The Morgan fingerprint density at radius 3 is 2.17 bits per heavy atom. The molecule has 0 rings (SSSR count). The van der Waals surface area contributed by atoms with Gasteiger partial charge in [-0.15, -0.1) is 6.04 Å². The number of nitrogens with one attached hydrogen (secondary N) is 1. The van der Waals surface area contributed by atoms with Gasteiger partial charge in [-0.05, 0) is 11.8 Å². The smallest absolute Gasteiger partial charge is 0.0399 e. The quantitative estimate of drug-likeness (QED) is 0.745. The topological polar surface area (TPSA) is 63.9 Å². The number of carbonyl (C=O) groups is 1. The fourth-order valence-electron chi connectivity index (χ4n) is 1.01. The molecule has 12 heavy (non-hydrogen) atoms. The van der Waals surface area contributed by atoms with Crippen LogP contribution >= 0.6 is 0 Å². The summed E-state index contributed by atoms with van der Waals surface area (Å²) in [4.78, 5) is 10.1. The maximum atomic E-state index is 10.1. The van der Waals surface area contributed by atoms with Crippen LogP contribution in [0.15, 0.2) is 0 Å². The van der Waals surface area contributed by atoms with Crippen LogP contribution in [-0.2, 0) is 37.5 Å². The van der Waals surface area contributed by atoms with E-state index >= 15 is 0 Å². The zero-order valence-electron chi connectivity index (χ0n) is 7.89. The number of carboxylic acids is 1. The predicted molar refractivity (Wildman–Crippen MR) is 41.8 cm³/mol. The molecule has 0 heterocycles. The van der Waals surface area contributed by atoms with Crippen molar-refractivity contribution in [2.45, 2.75) is 39.7 Å². The van der Waals surface area contributed by atoms with Gasteiger partial charge in [0.15, 0.2) is 0 Å². The van der Waals surface area contributed by atoms with Gasteiger partial charge in [-0.2, -0.15) is 0 Å². The van der Waals surface area contributed by atoms with Gasteiger partial charge < -0.3 is 15.6 Å². The summed E-state index contributed by atoms with van der Waals surface area (Å²) in [6.45, 7) is 5.97. The molecule has 0 bridgehead atoms. The van der Waals surface area contributed by atoms with Crippen molar-refractivity contribution in [1.29, 1.82) is 0 Å². The molecule has 1 radical (unpaired) electrons. The van der Waals surface area contributed by atoms with Crippen LogP contribution in [0, 0.1) is 5.41 Å². The molecule has 4 heteroatoms. The number of hydrogen-bond acceptors (Lipinski definition) is 2. The SMILES string of the molecule is CC(C)(C)C[C@H]([NH-])CC(=O)[O-].[Y]. The summed E-state index contributed by atoms with van der Waals surface area (Å²) in [6, 6.07) is -0.528. The van der Waals surface area contributed by atoms with Gasteiger partial charge in [-0.3, -0.25) is 0 Å². The summed E-state index contributed by atoms with van der Waals surface area (Å²) in [5, 5.41) is 10.1. The summed E-state index contributed by atoms with van der Waals surface area (Å²) >= 11 is 0. The van der Waals surface area contributed by atoms with Gasteiger partial charge in [0.1, 0.15) is 0 Å².